The molecule has 0 unspecified atom stereocenters. The number of rotatable bonds is 2. The fourth-order valence-corrected chi connectivity index (χ4v) is 1.48. The average molecular weight is 206 g/mol. The monoisotopic (exact) mass is 206 g/mol. The van der Waals surface area contributed by atoms with Gasteiger partial charge in [0, 0.05) is 5.92 Å². The number of cyclic esters (lactones) is 1. The van der Waals surface area contributed by atoms with Crippen molar-refractivity contribution in [2.75, 3.05) is 6.61 Å². The van der Waals surface area contributed by atoms with E-state index < -0.39 is 0 Å². The fraction of sp³-hybridized carbons (Fsp3) is 0.250. The molecule has 2 nitrogen and oxygen atoms in total. The summed E-state index contributed by atoms with van der Waals surface area (Å²) < 4.78 is 17.4. The van der Waals surface area contributed by atoms with Crippen LogP contribution in [-0.2, 0) is 9.53 Å². The molecule has 1 atom stereocenters. The van der Waals surface area contributed by atoms with Gasteiger partial charge in [0.2, 0.25) is 0 Å². The summed E-state index contributed by atoms with van der Waals surface area (Å²) in [5, 5.41) is 0. The van der Waals surface area contributed by atoms with E-state index in [0.29, 0.717) is 13.0 Å². The van der Waals surface area contributed by atoms with Crippen molar-refractivity contribution in [2.45, 2.75) is 6.42 Å². The van der Waals surface area contributed by atoms with Gasteiger partial charge in [0.1, 0.15) is 5.82 Å². The molecule has 0 aromatic heterocycles. The number of esters is 1. The van der Waals surface area contributed by atoms with Crippen molar-refractivity contribution < 1.29 is 13.9 Å². The van der Waals surface area contributed by atoms with Crippen LogP contribution in [0.2, 0.25) is 0 Å². The van der Waals surface area contributed by atoms with Gasteiger partial charge in [-0.2, -0.15) is 0 Å². The molecule has 0 bridgehead atoms. The predicted octanol–water partition coefficient (Wildman–Crippen LogP) is 2.40. The zero-order chi connectivity index (χ0) is 10.7. The molecule has 78 valence electrons. The molecule has 0 N–H and O–H groups in total. The highest BCUT2D eigenvalue weighted by Crippen LogP contribution is 2.16. The lowest BCUT2D eigenvalue weighted by atomic mass is 10.1. The molecule has 1 aromatic carbocycles. The number of carbonyl (C=O) groups is 1. The van der Waals surface area contributed by atoms with Gasteiger partial charge in [-0.15, -0.1) is 0 Å². The average Bonchev–Trinajstić information content (AvgIpc) is 2.64. The van der Waals surface area contributed by atoms with Gasteiger partial charge >= 0.3 is 5.97 Å². The summed E-state index contributed by atoms with van der Waals surface area (Å²) in [7, 11) is 0. The second-order valence-electron chi connectivity index (χ2n) is 3.56. The van der Waals surface area contributed by atoms with Gasteiger partial charge < -0.3 is 4.74 Å². The van der Waals surface area contributed by atoms with Crippen LogP contribution in [-0.4, -0.2) is 12.6 Å². The molecule has 1 heterocycles. The Bertz CT molecular complexity index is 381. The Morgan fingerprint density at radius 2 is 2.07 bits per heavy atom. The molecule has 1 aromatic rings. The van der Waals surface area contributed by atoms with E-state index in [-0.39, 0.29) is 17.7 Å². The highest BCUT2D eigenvalue weighted by atomic mass is 19.1. The molecule has 1 saturated heterocycles. The first-order chi connectivity index (χ1) is 7.24. The van der Waals surface area contributed by atoms with Crippen LogP contribution in [0.25, 0.3) is 6.08 Å². The molecule has 0 spiro atoms. The van der Waals surface area contributed by atoms with Gasteiger partial charge in [-0.1, -0.05) is 24.3 Å². The summed E-state index contributed by atoms with van der Waals surface area (Å²) in [6.45, 7) is 0.455. The zero-order valence-corrected chi connectivity index (χ0v) is 8.15. The zero-order valence-electron chi connectivity index (χ0n) is 8.15. The van der Waals surface area contributed by atoms with E-state index in [1.807, 2.05) is 12.2 Å². The minimum Gasteiger partial charge on any atom is -0.465 e. The van der Waals surface area contributed by atoms with Crippen LogP contribution in [0, 0.1) is 11.7 Å². The standard InChI is InChI=1S/C12H11FO2/c13-11-5-3-9(4-6-11)1-2-10-7-12(14)15-8-10/h1-6,10H,7-8H2/t10-/m0/s1. The lowest BCUT2D eigenvalue weighted by molar-refractivity contribution is -0.137. The third-order valence-electron chi connectivity index (χ3n) is 2.32. The maximum atomic E-state index is 12.6. The summed E-state index contributed by atoms with van der Waals surface area (Å²) >= 11 is 0. The summed E-state index contributed by atoms with van der Waals surface area (Å²) in [6, 6.07) is 6.22. The Kier molecular flexibility index (Phi) is 2.81. The smallest absolute Gasteiger partial charge is 0.306 e. The first kappa shape index (κ1) is 9.90. The maximum absolute atomic E-state index is 12.6. The molecular formula is C12H11FO2. The van der Waals surface area contributed by atoms with Gasteiger partial charge in [0.05, 0.1) is 13.0 Å². The van der Waals surface area contributed by atoms with Crippen molar-refractivity contribution in [3.8, 4) is 0 Å². The molecular weight excluding hydrogens is 195 g/mol. The van der Waals surface area contributed by atoms with Crippen molar-refractivity contribution >= 4 is 12.0 Å². The Labute approximate surface area is 87.4 Å². The van der Waals surface area contributed by atoms with Crippen LogP contribution in [0.4, 0.5) is 4.39 Å². The van der Waals surface area contributed by atoms with Gasteiger partial charge in [0.25, 0.3) is 0 Å². The van der Waals surface area contributed by atoms with E-state index in [1.165, 1.54) is 12.1 Å². The molecule has 2 rings (SSSR count). The van der Waals surface area contributed by atoms with Crippen molar-refractivity contribution in [2.24, 2.45) is 5.92 Å². The maximum Gasteiger partial charge on any atom is 0.306 e. The van der Waals surface area contributed by atoms with Crippen LogP contribution in [0.15, 0.2) is 30.3 Å². The highest BCUT2D eigenvalue weighted by molar-refractivity contribution is 5.72. The van der Waals surface area contributed by atoms with Crippen molar-refractivity contribution in [3.63, 3.8) is 0 Å². The SMILES string of the molecule is O=C1C[C@H](C=Cc2ccc(F)cc2)CO1. The second kappa shape index (κ2) is 4.26. The predicted molar refractivity (Wildman–Crippen MR) is 54.5 cm³/mol. The normalized spacial score (nSPS) is 20.9. The van der Waals surface area contributed by atoms with Gasteiger partial charge in [-0.25, -0.2) is 4.39 Å². The van der Waals surface area contributed by atoms with Crippen LogP contribution < -0.4 is 0 Å². The first-order valence-electron chi connectivity index (χ1n) is 4.83. The Balaban J connectivity index is 1.99. The minimum atomic E-state index is -0.244. The molecule has 1 aliphatic heterocycles. The summed E-state index contributed by atoms with van der Waals surface area (Å²) in [5.74, 6) is -0.238. The summed E-state index contributed by atoms with van der Waals surface area (Å²) in [4.78, 5) is 10.8. The number of carbonyl (C=O) groups excluding carboxylic acids is 1. The molecule has 1 aliphatic rings. The van der Waals surface area contributed by atoms with Crippen LogP contribution in [0.5, 0.6) is 0 Å². The third kappa shape index (κ3) is 2.65. The van der Waals surface area contributed by atoms with E-state index >= 15 is 0 Å². The lowest BCUT2D eigenvalue weighted by Gasteiger charge is -1.97. The summed E-state index contributed by atoms with van der Waals surface area (Å²) in [5.41, 5.74) is 0.927. The number of hydrogen-bond donors (Lipinski definition) is 0. The molecule has 0 amide bonds. The van der Waals surface area contributed by atoms with E-state index in [2.05, 4.69) is 0 Å². The molecule has 0 radical (unpaired) electrons. The number of hydrogen-bond acceptors (Lipinski definition) is 2. The first-order valence-corrected chi connectivity index (χ1v) is 4.83. The minimum absolute atomic E-state index is 0.149. The fourth-order valence-electron chi connectivity index (χ4n) is 1.48. The molecule has 0 saturated carbocycles. The van der Waals surface area contributed by atoms with Gasteiger partial charge in [0.15, 0.2) is 0 Å². The van der Waals surface area contributed by atoms with E-state index in [9.17, 15) is 9.18 Å². The lowest BCUT2D eigenvalue weighted by Crippen LogP contribution is -1.92. The molecule has 15 heavy (non-hydrogen) atoms. The van der Waals surface area contributed by atoms with Crippen LogP contribution in [0.3, 0.4) is 0 Å². The molecule has 0 aliphatic carbocycles. The van der Waals surface area contributed by atoms with E-state index in [4.69, 9.17) is 4.74 Å². The second-order valence-corrected chi connectivity index (χ2v) is 3.56. The quantitative estimate of drug-likeness (QED) is 0.694. The summed E-state index contributed by atoms with van der Waals surface area (Å²) in [6.07, 6.45) is 4.25. The van der Waals surface area contributed by atoms with Gasteiger partial charge in [-0.05, 0) is 17.7 Å². The Morgan fingerprint density at radius 1 is 1.33 bits per heavy atom. The van der Waals surface area contributed by atoms with E-state index in [1.54, 1.807) is 12.1 Å². The van der Waals surface area contributed by atoms with Crippen molar-refractivity contribution in [1.82, 2.24) is 0 Å². The third-order valence-corrected chi connectivity index (χ3v) is 2.32. The molecule has 3 heteroatoms. The van der Waals surface area contributed by atoms with Crippen molar-refractivity contribution in [1.29, 1.82) is 0 Å². The highest BCUT2D eigenvalue weighted by Gasteiger charge is 2.20. The van der Waals surface area contributed by atoms with E-state index in [0.717, 1.165) is 5.56 Å². The van der Waals surface area contributed by atoms with Crippen LogP contribution in [0.1, 0.15) is 12.0 Å². The van der Waals surface area contributed by atoms with Crippen molar-refractivity contribution in [3.05, 3.63) is 41.7 Å². The van der Waals surface area contributed by atoms with Crippen LogP contribution >= 0.6 is 0 Å². The Hall–Kier alpha value is -1.64. The molecule has 1 fully saturated rings. The largest absolute Gasteiger partial charge is 0.465 e. The number of halogens is 1. The Morgan fingerprint density at radius 3 is 2.67 bits per heavy atom. The topological polar surface area (TPSA) is 26.3 Å². The van der Waals surface area contributed by atoms with Gasteiger partial charge in [-0.3, -0.25) is 4.79 Å². The number of ether oxygens (including phenoxy) is 1. The number of benzene rings is 1.